The summed E-state index contributed by atoms with van der Waals surface area (Å²) in [5.41, 5.74) is 8.70. The SMILES string of the molecule is CC(C)=CCC/C(C)=C/CC/C(C)=C/CCc1nc(C)c(C)nc1C. The van der Waals surface area contributed by atoms with E-state index in [1.165, 1.54) is 23.1 Å². The highest BCUT2D eigenvalue weighted by Gasteiger charge is 2.04. The number of rotatable bonds is 9. The lowest BCUT2D eigenvalue weighted by atomic mass is 10.0. The summed E-state index contributed by atoms with van der Waals surface area (Å²) in [6.45, 7) is 15.0. The number of allylic oxidation sites excluding steroid dienone is 6. The standard InChI is InChI=1S/C23H36N2/c1-17(2)11-8-12-18(3)13-9-14-19(4)15-10-16-23-22(7)24-20(5)21(6)25-23/h11,13,15H,8-10,12,14,16H2,1-7H3/b18-13+,19-15+. The van der Waals surface area contributed by atoms with Crippen LogP contribution in [0.4, 0.5) is 0 Å². The van der Waals surface area contributed by atoms with Crippen molar-refractivity contribution in [3.63, 3.8) is 0 Å². The van der Waals surface area contributed by atoms with Gasteiger partial charge >= 0.3 is 0 Å². The van der Waals surface area contributed by atoms with Gasteiger partial charge in [0.25, 0.3) is 0 Å². The van der Waals surface area contributed by atoms with E-state index in [0.717, 1.165) is 54.9 Å². The third-order valence-corrected chi connectivity index (χ3v) is 4.58. The molecule has 0 bridgehead atoms. The maximum absolute atomic E-state index is 4.69. The molecule has 0 atom stereocenters. The maximum Gasteiger partial charge on any atom is 0.0622 e. The van der Waals surface area contributed by atoms with Crippen molar-refractivity contribution < 1.29 is 0 Å². The van der Waals surface area contributed by atoms with E-state index >= 15 is 0 Å². The molecule has 0 aliphatic rings. The molecular formula is C23H36N2. The molecule has 138 valence electrons. The lowest BCUT2D eigenvalue weighted by Gasteiger charge is -2.07. The summed E-state index contributed by atoms with van der Waals surface area (Å²) in [4.78, 5) is 9.27. The Balaban J connectivity index is 2.39. The molecule has 1 rings (SSSR count). The van der Waals surface area contributed by atoms with Crippen molar-refractivity contribution in [2.45, 2.75) is 87.0 Å². The molecule has 25 heavy (non-hydrogen) atoms. The van der Waals surface area contributed by atoms with Crippen LogP contribution in [0, 0.1) is 20.8 Å². The number of nitrogens with zero attached hydrogens (tertiary/aromatic N) is 2. The van der Waals surface area contributed by atoms with Gasteiger partial charge in [-0.2, -0.15) is 0 Å². The van der Waals surface area contributed by atoms with E-state index in [2.05, 4.69) is 62.8 Å². The van der Waals surface area contributed by atoms with Gasteiger partial charge in [0, 0.05) is 0 Å². The molecule has 0 saturated carbocycles. The Morgan fingerprint density at radius 2 is 1.20 bits per heavy atom. The lowest BCUT2D eigenvalue weighted by Crippen LogP contribution is -2.02. The van der Waals surface area contributed by atoms with Gasteiger partial charge in [-0.05, 0) is 87.0 Å². The zero-order valence-corrected chi connectivity index (χ0v) is 17.4. The van der Waals surface area contributed by atoms with Crippen molar-refractivity contribution in [3.05, 3.63) is 57.7 Å². The van der Waals surface area contributed by atoms with E-state index in [9.17, 15) is 0 Å². The Bertz CT molecular complexity index is 644. The van der Waals surface area contributed by atoms with Crippen LogP contribution in [0.2, 0.25) is 0 Å². The molecule has 0 unspecified atom stereocenters. The summed E-state index contributed by atoms with van der Waals surface area (Å²) in [5.74, 6) is 0. The fourth-order valence-electron chi connectivity index (χ4n) is 2.79. The summed E-state index contributed by atoms with van der Waals surface area (Å²) in [5, 5.41) is 0. The zero-order chi connectivity index (χ0) is 18.8. The van der Waals surface area contributed by atoms with E-state index in [-0.39, 0.29) is 0 Å². The minimum absolute atomic E-state index is 0.981. The summed E-state index contributed by atoms with van der Waals surface area (Å²) in [6, 6.07) is 0. The quantitative estimate of drug-likeness (QED) is 0.464. The highest BCUT2D eigenvalue weighted by molar-refractivity contribution is 5.18. The second-order valence-electron chi connectivity index (χ2n) is 7.42. The number of hydrogen-bond acceptors (Lipinski definition) is 2. The van der Waals surface area contributed by atoms with E-state index in [4.69, 9.17) is 0 Å². The summed E-state index contributed by atoms with van der Waals surface area (Å²) in [6.07, 6.45) is 13.7. The first-order valence-electron chi connectivity index (χ1n) is 9.55. The molecule has 0 saturated heterocycles. The van der Waals surface area contributed by atoms with Gasteiger partial charge in [-0.3, -0.25) is 9.97 Å². The second kappa shape index (κ2) is 11.0. The van der Waals surface area contributed by atoms with Crippen LogP contribution in [0.1, 0.15) is 82.6 Å². The van der Waals surface area contributed by atoms with E-state index in [1.54, 1.807) is 0 Å². The van der Waals surface area contributed by atoms with Crippen molar-refractivity contribution in [3.8, 4) is 0 Å². The smallest absolute Gasteiger partial charge is 0.0622 e. The van der Waals surface area contributed by atoms with Crippen LogP contribution in [-0.4, -0.2) is 9.97 Å². The van der Waals surface area contributed by atoms with E-state index in [0.29, 0.717) is 0 Å². The topological polar surface area (TPSA) is 25.8 Å². The van der Waals surface area contributed by atoms with Crippen LogP contribution >= 0.6 is 0 Å². The predicted octanol–water partition coefficient (Wildman–Crippen LogP) is 6.75. The number of aryl methyl sites for hydroxylation is 4. The Kier molecular flexibility index (Phi) is 9.41. The Morgan fingerprint density at radius 1 is 0.680 bits per heavy atom. The monoisotopic (exact) mass is 340 g/mol. The summed E-state index contributed by atoms with van der Waals surface area (Å²) in [7, 11) is 0. The van der Waals surface area contributed by atoms with Crippen LogP contribution in [0.15, 0.2) is 34.9 Å². The molecule has 2 nitrogen and oxygen atoms in total. The first kappa shape index (κ1) is 21.3. The fraction of sp³-hybridized carbons (Fsp3) is 0.565. The van der Waals surface area contributed by atoms with Gasteiger partial charge in [0.05, 0.1) is 22.8 Å². The molecule has 0 aromatic carbocycles. The van der Waals surface area contributed by atoms with Crippen molar-refractivity contribution in [1.82, 2.24) is 9.97 Å². The molecule has 0 aliphatic heterocycles. The molecule has 0 amide bonds. The molecule has 1 aromatic rings. The van der Waals surface area contributed by atoms with Crippen LogP contribution < -0.4 is 0 Å². The van der Waals surface area contributed by atoms with Crippen molar-refractivity contribution >= 4 is 0 Å². The van der Waals surface area contributed by atoms with Crippen LogP contribution in [0.3, 0.4) is 0 Å². The highest BCUT2D eigenvalue weighted by Crippen LogP contribution is 2.14. The molecule has 0 aliphatic carbocycles. The van der Waals surface area contributed by atoms with Gasteiger partial charge in [-0.15, -0.1) is 0 Å². The Labute approximate surface area is 155 Å². The van der Waals surface area contributed by atoms with Gasteiger partial charge in [-0.25, -0.2) is 0 Å². The average molecular weight is 341 g/mol. The zero-order valence-electron chi connectivity index (χ0n) is 17.4. The third kappa shape index (κ3) is 8.81. The van der Waals surface area contributed by atoms with E-state index in [1.807, 2.05) is 13.8 Å². The van der Waals surface area contributed by atoms with Crippen molar-refractivity contribution in [1.29, 1.82) is 0 Å². The summed E-state index contributed by atoms with van der Waals surface area (Å²) < 4.78 is 0. The number of aromatic nitrogens is 2. The molecule has 0 N–H and O–H groups in total. The Hall–Kier alpha value is -1.70. The minimum Gasteiger partial charge on any atom is -0.255 e. The van der Waals surface area contributed by atoms with Gasteiger partial charge in [-0.1, -0.05) is 34.9 Å². The van der Waals surface area contributed by atoms with Crippen molar-refractivity contribution in [2.24, 2.45) is 0 Å². The molecule has 1 heterocycles. The van der Waals surface area contributed by atoms with Crippen LogP contribution in [-0.2, 0) is 6.42 Å². The second-order valence-corrected chi connectivity index (χ2v) is 7.42. The molecule has 0 radical (unpaired) electrons. The van der Waals surface area contributed by atoms with Crippen LogP contribution in [0.5, 0.6) is 0 Å². The first-order chi connectivity index (χ1) is 11.8. The van der Waals surface area contributed by atoms with Gasteiger partial charge in [0.2, 0.25) is 0 Å². The minimum atomic E-state index is 0.981. The fourth-order valence-corrected chi connectivity index (χ4v) is 2.79. The van der Waals surface area contributed by atoms with Gasteiger partial charge in [0.15, 0.2) is 0 Å². The average Bonchev–Trinajstić information content (AvgIpc) is 2.52. The van der Waals surface area contributed by atoms with Crippen molar-refractivity contribution in [2.75, 3.05) is 0 Å². The van der Waals surface area contributed by atoms with Gasteiger partial charge in [0.1, 0.15) is 0 Å². The first-order valence-corrected chi connectivity index (χ1v) is 9.55. The van der Waals surface area contributed by atoms with Gasteiger partial charge < -0.3 is 0 Å². The molecule has 2 heteroatoms. The Morgan fingerprint density at radius 3 is 1.80 bits per heavy atom. The lowest BCUT2D eigenvalue weighted by molar-refractivity contribution is 0.852. The normalized spacial score (nSPS) is 12.4. The predicted molar refractivity (Wildman–Crippen MR) is 110 cm³/mol. The maximum atomic E-state index is 4.69. The van der Waals surface area contributed by atoms with Crippen LogP contribution in [0.25, 0.3) is 0 Å². The molecule has 0 fully saturated rings. The third-order valence-electron chi connectivity index (χ3n) is 4.58. The molecular weight excluding hydrogens is 304 g/mol. The molecule has 1 aromatic heterocycles. The highest BCUT2D eigenvalue weighted by atomic mass is 14.8. The largest absolute Gasteiger partial charge is 0.255 e. The summed E-state index contributed by atoms with van der Waals surface area (Å²) >= 11 is 0. The van der Waals surface area contributed by atoms with E-state index < -0.39 is 0 Å². The number of hydrogen-bond donors (Lipinski definition) is 0. The molecule has 0 spiro atoms.